The van der Waals surface area contributed by atoms with E-state index in [1.54, 1.807) is 0 Å². The third kappa shape index (κ3) is 7.03. The largest absolute Gasteiger partial charge is 0.506 e. The highest BCUT2D eigenvalue weighted by atomic mass is 16.3. The Hall–Kier alpha value is -2.95. The minimum atomic E-state index is 0.322. The SMILES string of the molecule is C=C(CCCN(C)C)c1cnc(CC2CCN(Cc3ccc4c(c3)-c3ccccc3C4CC)CC2)c(O)c1.CC. The molecule has 0 radical (unpaired) electrons. The van der Waals surface area contributed by atoms with Gasteiger partial charge >= 0.3 is 0 Å². The van der Waals surface area contributed by atoms with Crippen molar-refractivity contribution < 1.29 is 5.11 Å². The number of piperidine rings is 1. The number of aromatic nitrogens is 1. The molecule has 1 aliphatic heterocycles. The molecule has 5 rings (SSSR count). The maximum absolute atomic E-state index is 10.7. The van der Waals surface area contributed by atoms with E-state index < -0.39 is 0 Å². The van der Waals surface area contributed by atoms with Crippen LogP contribution in [0, 0.1) is 5.92 Å². The molecule has 2 heterocycles. The van der Waals surface area contributed by atoms with Crippen LogP contribution in [0.15, 0.2) is 61.3 Å². The zero-order chi connectivity index (χ0) is 28.6. The Kier molecular flexibility index (Phi) is 10.6. The number of benzene rings is 2. The van der Waals surface area contributed by atoms with Gasteiger partial charge in [-0.05, 0) is 129 Å². The molecule has 2 aromatic carbocycles. The second-order valence-corrected chi connectivity index (χ2v) is 11.6. The molecule has 214 valence electrons. The predicted octanol–water partition coefficient (Wildman–Crippen LogP) is 8.15. The summed E-state index contributed by atoms with van der Waals surface area (Å²) in [6.07, 6.45) is 8.17. The second kappa shape index (κ2) is 14.1. The minimum absolute atomic E-state index is 0.322. The smallest absolute Gasteiger partial charge is 0.137 e. The summed E-state index contributed by atoms with van der Waals surface area (Å²) in [5.74, 6) is 1.42. The maximum Gasteiger partial charge on any atom is 0.137 e. The molecule has 0 amide bonds. The van der Waals surface area contributed by atoms with Crippen molar-refractivity contribution in [1.82, 2.24) is 14.8 Å². The first-order valence-electron chi connectivity index (χ1n) is 15.4. The maximum atomic E-state index is 10.7. The molecule has 0 spiro atoms. The van der Waals surface area contributed by atoms with Gasteiger partial charge in [0.15, 0.2) is 0 Å². The molecule has 1 saturated heterocycles. The summed E-state index contributed by atoms with van der Waals surface area (Å²) >= 11 is 0. The van der Waals surface area contributed by atoms with Crippen LogP contribution >= 0.6 is 0 Å². The van der Waals surface area contributed by atoms with E-state index >= 15 is 0 Å². The van der Waals surface area contributed by atoms with Gasteiger partial charge in [0.05, 0.1) is 5.69 Å². The Morgan fingerprint density at radius 3 is 2.45 bits per heavy atom. The highest BCUT2D eigenvalue weighted by Crippen LogP contribution is 2.46. The van der Waals surface area contributed by atoms with Crippen molar-refractivity contribution in [3.8, 4) is 16.9 Å². The van der Waals surface area contributed by atoms with Gasteiger partial charge in [-0.3, -0.25) is 9.88 Å². The van der Waals surface area contributed by atoms with Crippen molar-refractivity contribution in [1.29, 1.82) is 0 Å². The van der Waals surface area contributed by atoms with Gasteiger partial charge in [0, 0.05) is 18.7 Å². The fraction of sp³-hybridized carbons (Fsp3) is 0.472. The molecule has 3 aromatic rings. The van der Waals surface area contributed by atoms with E-state index in [0.717, 1.165) is 81.5 Å². The normalized spacial score (nSPS) is 16.8. The number of rotatable bonds is 10. The zero-order valence-electron chi connectivity index (χ0n) is 25.4. The summed E-state index contributed by atoms with van der Waals surface area (Å²) in [5.41, 5.74) is 10.1. The molecule has 1 fully saturated rings. The molecule has 0 saturated carbocycles. The number of nitrogens with zero attached hydrogens (tertiary/aromatic N) is 3. The van der Waals surface area contributed by atoms with E-state index in [2.05, 4.69) is 84.8 Å². The van der Waals surface area contributed by atoms with Gasteiger partial charge in [-0.25, -0.2) is 0 Å². The monoisotopic (exact) mass is 539 g/mol. The lowest BCUT2D eigenvalue weighted by Gasteiger charge is -2.32. The topological polar surface area (TPSA) is 39.6 Å². The number of likely N-dealkylation sites (tertiary alicyclic amines) is 1. The van der Waals surface area contributed by atoms with Gasteiger partial charge in [0.1, 0.15) is 5.75 Å². The molecule has 1 aromatic heterocycles. The number of pyridine rings is 1. The molecular weight excluding hydrogens is 490 g/mol. The lowest BCUT2D eigenvalue weighted by atomic mass is 9.91. The van der Waals surface area contributed by atoms with Crippen molar-refractivity contribution in [3.63, 3.8) is 0 Å². The lowest BCUT2D eigenvalue weighted by molar-refractivity contribution is 0.176. The van der Waals surface area contributed by atoms with Crippen molar-refractivity contribution in [3.05, 3.63) is 89.3 Å². The minimum Gasteiger partial charge on any atom is -0.506 e. The Bertz CT molecular complexity index is 1270. The van der Waals surface area contributed by atoms with Gasteiger partial charge < -0.3 is 10.0 Å². The molecule has 40 heavy (non-hydrogen) atoms. The zero-order valence-corrected chi connectivity index (χ0v) is 25.4. The molecule has 1 aliphatic carbocycles. The number of hydrogen-bond donors (Lipinski definition) is 1. The highest BCUT2D eigenvalue weighted by Gasteiger charge is 2.27. The van der Waals surface area contributed by atoms with E-state index in [-0.39, 0.29) is 0 Å². The average Bonchev–Trinajstić information content (AvgIpc) is 3.29. The molecule has 1 N–H and O–H groups in total. The average molecular weight is 540 g/mol. The summed E-state index contributed by atoms with van der Waals surface area (Å²) < 4.78 is 0. The van der Waals surface area contributed by atoms with Crippen LogP contribution in [0.3, 0.4) is 0 Å². The van der Waals surface area contributed by atoms with Crippen LogP contribution in [0.25, 0.3) is 16.7 Å². The number of allylic oxidation sites excluding steroid dienone is 1. The summed E-state index contributed by atoms with van der Waals surface area (Å²) in [7, 11) is 4.17. The first-order valence-corrected chi connectivity index (χ1v) is 15.4. The van der Waals surface area contributed by atoms with Gasteiger partial charge in [0.25, 0.3) is 0 Å². The van der Waals surface area contributed by atoms with Crippen molar-refractivity contribution in [2.75, 3.05) is 33.7 Å². The summed E-state index contributed by atoms with van der Waals surface area (Å²) in [6.45, 7) is 14.7. The van der Waals surface area contributed by atoms with Gasteiger partial charge in [0.2, 0.25) is 0 Å². The first-order chi connectivity index (χ1) is 19.4. The van der Waals surface area contributed by atoms with Gasteiger partial charge in [-0.15, -0.1) is 0 Å². The quantitative estimate of drug-likeness (QED) is 0.282. The molecule has 0 bridgehead atoms. The van der Waals surface area contributed by atoms with E-state index in [1.807, 2.05) is 26.1 Å². The molecule has 2 aliphatic rings. The van der Waals surface area contributed by atoms with Crippen LogP contribution in [0.1, 0.15) is 86.7 Å². The van der Waals surface area contributed by atoms with Crippen LogP contribution in [-0.2, 0) is 13.0 Å². The predicted molar refractivity (Wildman–Crippen MR) is 170 cm³/mol. The Balaban J connectivity index is 0.00000181. The van der Waals surface area contributed by atoms with Gasteiger partial charge in [-0.1, -0.05) is 63.7 Å². The Morgan fingerprint density at radius 1 is 1.02 bits per heavy atom. The van der Waals surface area contributed by atoms with E-state index in [4.69, 9.17) is 0 Å². The lowest BCUT2D eigenvalue weighted by Crippen LogP contribution is -2.34. The Morgan fingerprint density at radius 2 is 1.75 bits per heavy atom. The van der Waals surface area contributed by atoms with E-state index in [9.17, 15) is 5.11 Å². The second-order valence-electron chi connectivity index (χ2n) is 11.6. The van der Waals surface area contributed by atoms with Crippen LogP contribution in [-0.4, -0.2) is 53.6 Å². The third-order valence-electron chi connectivity index (χ3n) is 8.56. The fourth-order valence-electron chi connectivity index (χ4n) is 6.36. The van der Waals surface area contributed by atoms with E-state index in [0.29, 0.717) is 17.6 Å². The van der Waals surface area contributed by atoms with Crippen LogP contribution in [0.2, 0.25) is 0 Å². The number of hydrogen-bond acceptors (Lipinski definition) is 4. The number of fused-ring (bicyclic) bond motifs is 3. The fourth-order valence-corrected chi connectivity index (χ4v) is 6.36. The van der Waals surface area contributed by atoms with Gasteiger partial charge in [-0.2, -0.15) is 0 Å². The number of aromatic hydroxyl groups is 1. The van der Waals surface area contributed by atoms with Crippen LogP contribution in [0.5, 0.6) is 5.75 Å². The summed E-state index contributed by atoms with van der Waals surface area (Å²) in [5, 5.41) is 10.7. The molecule has 4 nitrogen and oxygen atoms in total. The summed E-state index contributed by atoms with van der Waals surface area (Å²) in [6, 6.07) is 18.0. The molecule has 1 atom stereocenters. The van der Waals surface area contributed by atoms with Crippen LogP contribution < -0.4 is 0 Å². The van der Waals surface area contributed by atoms with Crippen molar-refractivity contribution in [2.45, 2.75) is 71.8 Å². The molecule has 1 unspecified atom stereocenters. The van der Waals surface area contributed by atoms with E-state index in [1.165, 1.54) is 27.8 Å². The summed E-state index contributed by atoms with van der Waals surface area (Å²) in [4.78, 5) is 9.43. The highest BCUT2D eigenvalue weighted by molar-refractivity contribution is 5.79. The van der Waals surface area contributed by atoms with Crippen molar-refractivity contribution >= 4 is 5.57 Å². The standard InChI is InChI=1S/C34H43N3O.C2H6/c1-5-28-29-10-6-7-11-30(29)32-19-26(12-13-31(28)32)23-37-17-14-25(15-18-37)20-33-34(38)21-27(22-35-33)24(2)9-8-16-36(3)4;1-2/h6-7,10-13,19,21-22,25,28,38H,2,5,8-9,14-18,20,23H2,1,3-4H3;1-2H3. The molecular formula is C36H49N3O. The first kappa shape index (κ1) is 30.0. The third-order valence-corrected chi connectivity index (χ3v) is 8.56. The Labute approximate surface area is 242 Å². The molecule has 4 heteroatoms. The van der Waals surface area contributed by atoms with Crippen molar-refractivity contribution in [2.24, 2.45) is 5.92 Å². The van der Waals surface area contributed by atoms with Crippen LogP contribution in [0.4, 0.5) is 0 Å².